The van der Waals surface area contributed by atoms with Crippen LogP contribution in [0.1, 0.15) is 18.5 Å². The molecule has 0 aromatic carbocycles. The third kappa shape index (κ3) is 3.35. The van der Waals surface area contributed by atoms with Gasteiger partial charge in [-0.25, -0.2) is 22.0 Å². The molecular weight excluding hydrogens is 376 g/mol. The number of primary sulfonamides is 1. The van der Waals surface area contributed by atoms with Gasteiger partial charge in [0, 0.05) is 12.5 Å². The van der Waals surface area contributed by atoms with Crippen molar-refractivity contribution in [3.8, 4) is 5.75 Å². The average molecular weight is 390 g/mol. The van der Waals surface area contributed by atoms with Crippen LogP contribution < -0.4 is 10.5 Å². The van der Waals surface area contributed by atoms with E-state index in [0.29, 0.717) is 0 Å². The van der Waals surface area contributed by atoms with E-state index in [1.54, 1.807) is 0 Å². The molecule has 1 atom stereocenters. The van der Waals surface area contributed by atoms with Crippen LogP contribution in [0.15, 0.2) is 8.42 Å². The van der Waals surface area contributed by atoms with Gasteiger partial charge in [0.25, 0.3) is 10.0 Å². The minimum atomic E-state index is -4.49. The Labute approximate surface area is 134 Å². The van der Waals surface area contributed by atoms with Crippen molar-refractivity contribution in [2.24, 2.45) is 5.14 Å². The normalized spacial score (nSPS) is 23.5. The summed E-state index contributed by atoms with van der Waals surface area (Å²) in [4.78, 5) is 0. The lowest BCUT2D eigenvalue weighted by Gasteiger charge is -2.38. The maximum absolute atomic E-state index is 12.1. The molecule has 0 aliphatic carbocycles. The number of nitrogens with one attached hydrogen (secondary N) is 1. The van der Waals surface area contributed by atoms with E-state index in [1.165, 1.54) is 0 Å². The summed E-state index contributed by atoms with van der Waals surface area (Å²) in [7, 11) is -8.86. The zero-order valence-electron chi connectivity index (χ0n) is 11.5. The first-order chi connectivity index (χ1) is 10.1. The van der Waals surface area contributed by atoms with Crippen LogP contribution in [-0.2, 0) is 19.9 Å². The largest absolute Gasteiger partial charge is 0.505 e. The molecule has 0 fully saturated rings. The smallest absolute Gasteiger partial charge is 0.251 e. The summed E-state index contributed by atoms with van der Waals surface area (Å²) in [5.74, 6) is -8.10. The average Bonchev–Trinajstić information content (AvgIpc) is 2.60. The Morgan fingerprint density at radius 2 is 1.91 bits per heavy atom. The van der Waals surface area contributed by atoms with Crippen LogP contribution in [0, 0.1) is 0 Å². The van der Waals surface area contributed by atoms with Crippen molar-refractivity contribution in [1.29, 1.82) is 0 Å². The molecule has 0 bridgehead atoms. The molecule has 2 rings (SSSR count). The number of rotatable bonds is 3. The van der Waals surface area contributed by atoms with Gasteiger partial charge < -0.3 is 25.5 Å². The molecule has 11 nitrogen and oxygen atoms in total. The number of thiophene rings is 1. The highest BCUT2D eigenvalue weighted by atomic mass is 32.3. The van der Waals surface area contributed by atoms with Gasteiger partial charge in [0.1, 0.15) is 9.96 Å². The first-order valence-electron chi connectivity index (χ1n) is 5.85. The van der Waals surface area contributed by atoms with Crippen molar-refractivity contribution in [2.75, 3.05) is 5.75 Å². The van der Waals surface area contributed by atoms with Crippen molar-refractivity contribution in [3.05, 3.63) is 5.56 Å². The van der Waals surface area contributed by atoms with Crippen LogP contribution >= 0.6 is 11.3 Å². The van der Waals surface area contributed by atoms with Gasteiger partial charge in [0.05, 0.1) is 6.04 Å². The lowest BCUT2D eigenvalue weighted by molar-refractivity contribution is -0.226. The van der Waals surface area contributed by atoms with Gasteiger partial charge in [0.2, 0.25) is 5.91 Å². The molecule has 1 aliphatic rings. The Morgan fingerprint density at radius 3 is 2.35 bits per heavy atom. The summed E-state index contributed by atoms with van der Waals surface area (Å²) in [6, 6.07) is -1.91. The van der Waals surface area contributed by atoms with E-state index in [2.05, 4.69) is 0 Å². The Balaban J connectivity index is 2.81. The second kappa shape index (κ2) is 5.08. The fraction of sp³-hybridized carbons (Fsp3) is 0.556. The quantitative estimate of drug-likeness (QED) is 0.258. The van der Waals surface area contributed by atoms with Crippen molar-refractivity contribution in [3.63, 3.8) is 0 Å². The van der Waals surface area contributed by atoms with Crippen LogP contribution in [0.25, 0.3) is 0 Å². The molecular formula is C9H14N2O9S3. The van der Waals surface area contributed by atoms with E-state index in [9.17, 15) is 42.4 Å². The number of aliphatic hydroxyl groups is 4. The van der Waals surface area contributed by atoms with Gasteiger partial charge in [0.15, 0.2) is 25.6 Å². The molecule has 1 aliphatic heterocycles. The Kier molecular flexibility index (Phi) is 4.08. The fourth-order valence-corrected chi connectivity index (χ4v) is 6.49. The molecule has 0 radical (unpaired) electrons. The molecule has 0 saturated carbocycles. The number of sulfonamides is 1. The van der Waals surface area contributed by atoms with E-state index >= 15 is 0 Å². The fourth-order valence-electron chi connectivity index (χ4n) is 2.19. The van der Waals surface area contributed by atoms with Gasteiger partial charge >= 0.3 is 0 Å². The van der Waals surface area contributed by atoms with E-state index in [4.69, 9.17) is 5.14 Å². The van der Waals surface area contributed by atoms with Crippen LogP contribution in [0.4, 0.5) is 0 Å². The molecule has 0 amide bonds. The lowest BCUT2D eigenvalue weighted by atomic mass is 10.0. The van der Waals surface area contributed by atoms with Crippen molar-refractivity contribution >= 4 is 31.2 Å². The Hall–Kier alpha value is -0.840. The number of hydrogen-bond donors (Lipinski definition) is 7. The number of aromatic hydroxyl groups is 1. The van der Waals surface area contributed by atoms with Gasteiger partial charge in [-0.2, -0.15) is 0 Å². The van der Waals surface area contributed by atoms with Crippen molar-refractivity contribution in [1.82, 2.24) is 5.32 Å². The van der Waals surface area contributed by atoms with E-state index in [-0.39, 0.29) is 11.3 Å². The molecule has 23 heavy (non-hydrogen) atoms. The molecule has 1 aromatic heterocycles. The van der Waals surface area contributed by atoms with Crippen molar-refractivity contribution in [2.45, 2.75) is 33.1 Å². The summed E-state index contributed by atoms with van der Waals surface area (Å²) in [5, 5.41) is 55.4. The Morgan fingerprint density at radius 1 is 1.39 bits per heavy atom. The number of fused-ring (bicyclic) bond motifs is 1. The van der Waals surface area contributed by atoms with E-state index in [0.717, 1.165) is 6.92 Å². The summed E-state index contributed by atoms with van der Waals surface area (Å²) in [6.07, 6.45) is 0. The van der Waals surface area contributed by atoms with Gasteiger partial charge in [-0.1, -0.05) is 0 Å². The predicted octanol–water partition coefficient (Wildman–Crippen LogP) is -3.14. The first-order valence-corrected chi connectivity index (χ1v) is 9.86. The van der Waals surface area contributed by atoms with Gasteiger partial charge in [-0.3, -0.25) is 5.32 Å². The lowest BCUT2D eigenvalue weighted by Crippen LogP contribution is -2.57. The summed E-state index contributed by atoms with van der Waals surface area (Å²) in [6.45, 7) is 0.801. The third-order valence-electron chi connectivity index (χ3n) is 2.97. The minimum absolute atomic E-state index is 0.130. The molecule has 2 heterocycles. The van der Waals surface area contributed by atoms with Crippen LogP contribution in [0.3, 0.4) is 0 Å². The third-order valence-corrected chi connectivity index (χ3v) is 8.01. The monoisotopic (exact) mass is 390 g/mol. The maximum Gasteiger partial charge on any atom is 0.251 e. The molecule has 0 saturated heterocycles. The van der Waals surface area contributed by atoms with Gasteiger partial charge in [-0.05, 0) is 0 Å². The maximum atomic E-state index is 12.1. The highest BCUT2D eigenvalue weighted by molar-refractivity contribution is 7.95. The second-order valence-corrected chi connectivity index (χ2v) is 10.2. The van der Waals surface area contributed by atoms with Crippen molar-refractivity contribution < 1.29 is 42.4 Å². The minimum Gasteiger partial charge on any atom is -0.505 e. The van der Waals surface area contributed by atoms with Crippen LogP contribution in [0.5, 0.6) is 5.75 Å². The molecule has 1 unspecified atom stereocenters. The highest BCUT2D eigenvalue weighted by Gasteiger charge is 2.52. The Bertz CT molecular complexity index is 848. The molecule has 0 spiro atoms. The number of nitrogens with two attached hydrogens (primary N) is 1. The predicted molar refractivity (Wildman–Crippen MR) is 75.3 cm³/mol. The standard InChI is InChI=1S/C9H14N2O9S3/c1-8(13,14)11-5-3-4(12)7(23(10,19)20)21-6(3)22(17,18)2-9(5,15)16/h5,11-16H,2H2,1H3,(H2,10,19,20). The van der Waals surface area contributed by atoms with E-state index < -0.39 is 63.1 Å². The summed E-state index contributed by atoms with van der Waals surface area (Å²) < 4.78 is 45.5. The number of hydrogen-bond acceptors (Lipinski definition) is 11. The molecule has 8 N–H and O–H groups in total. The van der Waals surface area contributed by atoms with E-state index in [1.807, 2.05) is 5.32 Å². The topological polar surface area (TPSA) is 207 Å². The zero-order chi connectivity index (χ0) is 18.0. The molecule has 1 aromatic rings. The summed E-state index contributed by atoms with van der Waals surface area (Å²) >= 11 is 0.130. The second-order valence-electron chi connectivity index (χ2n) is 5.22. The SMILES string of the molecule is CC(O)(O)NC1c2c(sc(S(N)(=O)=O)c2O)S(=O)(=O)CC1(O)O. The molecule has 132 valence electrons. The van der Waals surface area contributed by atoms with Crippen LogP contribution in [0.2, 0.25) is 0 Å². The molecule has 14 heteroatoms. The summed E-state index contributed by atoms with van der Waals surface area (Å²) in [5.41, 5.74) is -0.718. The van der Waals surface area contributed by atoms with Crippen LogP contribution in [-0.4, -0.2) is 59.8 Å². The zero-order valence-corrected chi connectivity index (χ0v) is 13.9. The number of sulfone groups is 1. The first kappa shape index (κ1) is 18.5. The highest BCUT2D eigenvalue weighted by Crippen LogP contribution is 2.49. The van der Waals surface area contributed by atoms with Gasteiger partial charge in [-0.15, -0.1) is 11.3 Å².